The number of pyridine rings is 1. The predicted octanol–water partition coefficient (Wildman–Crippen LogP) is 3.05. The minimum absolute atomic E-state index is 0.00843. The van der Waals surface area contributed by atoms with Gasteiger partial charge in [0.1, 0.15) is 0 Å². The zero-order chi connectivity index (χ0) is 14.1. The van der Waals surface area contributed by atoms with Gasteiger partial charge in [0, 0.05) is 34.8 Å². The monoisotopic (exact) mass is 267 g/mol. The van der Waals surface area contributed by atoms with Gasteiger partial charge in [-0.25, -0.2) is 0 Å². The largest absolute Gasteiger partial charge is 0.287 e. The summed E-state index contributed by atoms with van der Waals surface area (Å²) in [6.45, 7) is 3.96. The predicted molar refractivity (Wildman–Crippen MR) is 80.4 cm³/mol. The zero-order valence-electron chi connectivity index (χ0n) is 11.7. The van der Waals surface area contributed by atoms with E-state index >= 15 is 0 Å². The van der Waals surface area contributed by atoms with Crippen LogP contribution in [0.1, 0.15) is 24.2 Å². The molecule has 0 bridgehead atoms. The van der Waals surface area contributed by atoms with Crippen molar-refractivity contribution < 1.29 is 0 Å². The van der Waals surface area contributed by atoms with Crippen LogP contribution in [0.3, 0.4) is 0 Å². The zero-order valence-corrected chi connectivity index (χ0v) is 11.7. The third-order valence-corrected chi connectivity index (χ3v) is 3.63. The highest BCUT2D eigenvalue weighted by molar-refractivity contribution is 5.68. The molecule has 0 atom stereocenters. The maximum atomic E-state index is 12.1. The Labute approximate surface area is 117 Å². The van der Waals surface area contributed by atoms with Crippen molar-refractivity contribution in [3.05, 3.63) is 58.3 Å². The first-order valence-corrected chi connectivity index (χ1v) is 6.77. The average molecular weight is 267 g/mol. The fraction of sp³-hybridized carbons (Fsp3) is 0.250. The maximum Gasteiger partial charge on any atom is 0.254 e. The molecule has 1 aliphatic carbocycles. The second kappa shape index (κ2) is 4.96. The van der Waals surface area contributed by atoms with Gasteiger partial charge >= 0.3 is 0 Å². The first-order chi connectivity index (χ1) is 9.66. The Morgan fingerprint density at radius 2 is 2.15 bits per heavy atom. The molecule has 4 nitrogen and oxygen atoms in total. The first kappa shape index (κ1) is 12.7. The van der Waals surface area contributed by atoms with Crippen molar-refractivity contribution in [3.63, 3.8) is 0 Å². The van der Waals surface area contributed by atoms with Crippen LogP contribution in [0.15, 0.2) is 41.4 Å². The molecule has 0 unspecified atom stereocenters. The van der Waals surface area contributed by atoms with E-state index in [0.717, 1.165) is 41.1 Å². The number of nitrogens with one attached hydrogen (secondary N) is 1. The molecule has 1 N–H and O–H groups in total. The van der Waals surface area contributed by atoms with E-state index < -0.39 is 0 Å². The Morgan fingerprint density at radius 3 is 2.80 bits per heavy atom. The molecule has 4 heteroatoms. The minimum Gasteiger partial charge on any atom is -0.287 e. The van der Waals surface area contributed by atoms with E-state index in [1.165, 1.54) is 0 Å². The van der Waals surface area contributed by atoms with Crippen LogP contribution in [0.2, 0.25) is 0 Å². The number of H-pyrrole nitrogens is 1. The Kier molecular flexibility index (Phi) is 3.14. The molecule has 1 aliphatic rings. The summed E-state index contributed by atoms with van der Waals surface area (Å²) in [5.74, 6) is 0. The second-order valence-electron chi connectivity index (χ2n) is 5.06. The fourth-order valence-electron chi connectivity index (χ4n) is 2.63. The highest BCUT2D eigenvalue weighted by atomic mass is 16.1. The smallest absolute Gasteiger partial charge is 0.254 e. The summed E-state index contributed by atoms with van der Waals surface area (Å²) in [5.41, 5.74) is 5.11. The van der Waals surface area contributed by atoms with E-state index in [9.17, 15) is 4.79 Å². The van der Waals surface area contributed by atoms with Crippen LogP contribution in [0.5, 0.6) is 0 Å². The standard InChI is InChI=1S/C16H17N3O/c1-11-16(12(2)18-17-11)13-8-9-15(20)19(10-13)14-6-4-3-5-7-14/h3-4,6,8-10H,5,7H2,1-2H3,(H,17,18). The summed E-state index contributed by atoms with van der Waals surface area (Å²) in [4.78, 5) is 12.1. The first-order valence-electron chi connectivity index (χ1n) is 6.77. The normalized spacial score (nSPS) is 14.4. The second-order valence-corrected chi connectivity index (χ2v) is 5.06. The number of allylic oxidation sites excluding steroid dienone is 4. The molecule has 0 aliphatic heterocycles. The van der Waals surface area contributed by atoms with Gasteiger partial charge in [-0.1, -0.05) is 12.2 Å². The van der Waals surface area contributed by atoms with Gasteiger partial charge in [-0.2, -0.15) is 5.10 Å². The van der Waals surface area contributed by atoms with E-state index in [0.29, 0.717) is 0 Å². The van der Waals surface area contributed by atoms with Crippen molar-refractivity contribution in [1.29, 1.82) is 0 Å². The van der Waals surface area contributed by atoms with Gasteiger partial charge in [0.25, 0.3) is 5.56 Å². The van der Waals surface area contributed by atoms with Crippen molar-refractivity contribution in [2.45, 2.75) is 26.7 Å². The maximum absolute atomic E-state index is 12.1. The third-order valence-electron chi connectivity index (χ3n) is 3.63. The molecule has 0 spiro atoms. The lowest BCUT2D eigenvalue weighted by atomic mass is 10.1. The summed E-state index contributed by atoms with van der Waals surface area (Å²) in [7, 11) is 0. The van der Waals surface area contributed by atoms with E-state index in [4.69, 9.17) is 0 Å². The van der Waals surface area contributed by atoms with Gasteiger partial charge in [-0.3, -0.25) is 14.5 Å². The van der Waals surface area contributed by atoms with Gasteiger partial charge < -0.3 is 0 Å². The molecule has 0 radical (unpaired) electrons. The number of aromatic nitrogens is 3. The molecule has 2 heterocycles. The van der Waals surface area contributed by atoms with Crippen LogP contribution >= 0.6 is 0 Å². The van der Waals surface area contributed by atoms with Crippen molar-refractivity contribution in [1.82, 2.24) is 14.8 Å². The van der Waals surface area contributed by atoms with Crippen molar-refractivity contribution in [2.24, 2.45) is 0 Å². The van der Waals surface area contributed by atoms with E-state index in [1.54, 1.807) is 10.6 Å². The number of rotatable bonds is 2. The van der Waals surface area contributed by atoms with Crippen LogP contribution in [0.25, 0.3) is 16.8 Å². The number of aryl methyl sites for hydroxylation is 2. The highest BCUT2D eigenvalue weighted by Gasteiger charge is 2.12. The van der Waals surface area contributed by atoms with E-state index in [2.05, 4.69) is 16.3 Å². The Morgan fingerprint density at radius 1 is 1.30 bits per heavy atom. The summed E-state index contributed by atoms with van der Waals surface area (Å²) < 4.78 is 1.74. The number of hydrogen-bond acceptors (Lipinski definition) is 2. The molecule has 0 amide bonds. The number of aromatic amines is 1. The Bertz CT molecular complexity index is 743. The van der Waals surface area contributed by atoms with Gasteiger partial charge in [0.05, 0.1) is 5.69 Å². The summed E-state index contributed by atoms with van der Waals surface area (Å²) in [6, 6.07) is 3.49. The Balaban J connectivity index is 2.14. The van der Waals surface area contributed by atoms with Crippen LogP contribution < -0.4 is 5.56 Å². The summed E-state index contributed by atoms with van der Waals surface area (Å²) in [5, 5.41) is 7.20. The Hall–Kier alpha value is -2.36. The van der Waals surface area contributed by atoms with Crippen molar-refractivity contribution in [3.8, 4) is 11.1 Å². The third kappa shape index (κ3) is 2.13. The molecule has 0 fully saturated rings. The van der Waals surface area contributed by atoms with E-state index in [-0.39, 0.29) is 5.56 Å². The molecule has 2 aromatic heterocycles. The van der Waals surface area contributed by atoms with E-state index in [1.807, 2.05) is 38.3 Å². The van der Waals surface area contributed by atoms with Crippen molar-refractivity contribution >= 4 is 5.70 Å². The quantitative estimate of drug-likeness (QED) is 0.909. The lowest BCUT2D eigenvalue weighted by Gasteiger charge is -2.13. The van der Waals surface area contributed by atoms with Crippen LogP contribution in [-0.4, -0.2) is 14.8 Å². The van der Waals surface area contributed by atoms with Gasteiger partial charge in [0.2, 0.25) is 0 Å². The highest BCUT2D eigenvalue weighted by Crippen LogP contribution is 2.25. The number of hydrogen-bond donors (Lipinski definition) is 1. The minimum atomic E-state index is 0.00843. The molecular weight excluding hydrogens is 250 g/mol. The molecule has 0 saturated carbocycles. The molecular formula is C16H17N3O. The number of nitrogens with zero attached hydrogens (tertiary/aromatic N) is 2. The molecule has 2 aromatic rings. The topological polar surface area (TPSA) is 50.7 Å². The molecule has 0 saturated heterocycles. The molecule has 0 aromatic carbocycles. The van der Waals surface area contributed by atoms with Gasteiger partial charge in [0.15, 0.2) is 0 Å². The van der Waals surface area contributed by atoms with Gasteiger partial charge in [-0.15, -0.1) is 0 Å². The lowest BCUT2D eigenvalue weighted by Crippen LogP contribution is -2.18. The van der Waals surface area contributed by atoms with Crippen LogP contribution in [0, 0.1) is 13.8 Å². The summed E-state index contributed by atoms with van der Waals surface area (Å²) in [6.07, 6.45) is 9.91. The average Bonchev–Trinajstić information content (AvgIpc) is 2.80. The molecule has 20 heavy (non-hydrogen) atoms. The SMILES string of the molecule is Cc1n[nH]c(C)c1-c1ccc(=O)n(C2=CC=CCC2)c1. The van der Waals surface area contributed by atoms with Gasteiger partial charge in [-0.05, 0) is 38.8 Å². The summed E-state index contributed by atoms with van der Waals surface area (Å²) >= 11 is 0. The fourth-order valence-corrected chi connectivity index (χ4v) is 2.63. The lowest BCUT2D eigenvalue weighted by molar-refractivity contribution is 0.909. The molecule has 102 valence electrons. The van der Waals surface area contributed by atoms with Crippen molar-refractivity contribution in [2.75, 3.05) is 0 Å². The van der Waals surface area contributed by atoms with Crippen LogP contribution in [-0.2, 0) is 0 Å². The molecule has 3 rings (SSSR count). The van der Waals surface area contributed by atoms with Crippen LogP contribution in [0.4, 0.5) is 0 Å².